The average molecular weight is 256 g/mol. The minimum atomic E-state index is -0.839. The summed E-state index contributed by atoms with van der Waals surface area (Å²) < 4.78 is 6.66. The average Bonchev–Trinajstić information content (AvgIpc) is 2.65. The van der Waals surface area contributed by atoms with Crippen LogP contribution < -0.4 is 11.2 Å². The zero-order valence-corrected chi connectivity index (χ0v) is 10.2. The van der Waals surface area contributed by atoms with Gasteiger partial charge < -0.3 is 14.9 Å². The normalized spacial score (nSPS) is 29.4. The van der Waals surface area contributed by atoms with Crippen LogP contribution in [0.4, 0.5) is 0 Å². The highest BCUT2D eigenvalue weighted by Crippen LogP contribution is 2.29. The van der Waals surface area contributed by atoms with E-state index in [0.717, 1.165) is 0 Å². The Morgan fingerprint density at radius 3 is 2.78 bits per heavy atom. The van der Waals surface area contributed by atoms with Crippen LogP contribution in [0.5, 0.6) is 0 Å². The molecule has 1 aliphatic rings. The third kappa shape index (κ3) is 2.24. The fraction of sp³-hybridized carbons (Fsp3) is 0.636. The van der Waals surface area contributed by atoms with Gasteiger partial charge in [0.2, 0.25) is 0 Å². The number of ether oxygens (including phenoxy) is 1. The molecule has 7 heteroatoms. The van der Waals surface area contributed by atoms with Crippen molar-refractivity contribution in [2.75, 3.05) is 0 Å². The van der Waals surface area contributed by atoms with Crippen LogP contribution in [0, 0.1) is 6.92 Å². The van der Waals surface area contributed by atoms with E-state index in [2.05, 4.69) is 4.98 Å². The first-order valence-electron chi connectivity index (χ1n) is 5.74. The number of aryl methyl sites for hydroxylation is 1. The molecule has 2 rings (SSSR count). The molecule has 1 aromatic heterocycles. The molecule has 0 aromatic carbocycles. The van der Waals surface area contributed by atoms with Crippen molar-refractivity contribution in [1.29, 1.82) is 0 Å². The topological polar surface area (TPSA) is 105 Å². The summed E-state index contributed by atoms with van der Waals surface area (Å²) in [6.45, 7) is 3.09. The molecule has 0 aliphatic carbocycles. The maximum absolute atomic E-state index is 11.6. The van der Waals surface area contributed by atoms with E-state index in [-0.39, 0.29) is 6.42 Å². The third-order valence-corrected chi connectivity index (χ3v) is 3.07. The van der Waals surface area contributed by atoms with Crippen LogP contribution in [0.1, 0.15) is 25.1 Å². The molecule has 1 fully saturated rings. The molecular weight excluding hydrogens is 240 g/mol. The lowest BCUT2D eigenvalue weighted by Crippen LogP contribution is -2.34. The Morgan fingerprint density at radius 1 is 1.56 bits per heavy atom. The van der Waals surface area contributed by atoms with Gasteiger partial charge >= 0.3 is 5.69 Å². The Hall–Kier alpha value is -1.44. The molecule has 0 radical (unpaired) electrons. The highest BCUT2D eigenvalue weighted by Gasteiger charge is 2.38. The predicted octanol–water partition coefficient (Wildman–Crippen LogP) is -1.13. The first kappa shape index (κ1) is 13.0. The Labute approximate surface area is 103 Å². The number of nitrogens with one attached hydrogen (secondary N) is 1. The van der Waals surface area contributed by atoms with E-state index in [9.17, 15) is 19.8 Å². The molecule has 18 heavy (non-hydrogen) atoms. The van der Waals surface area contributed by atoms with Crippen molar-refractivity contribution in [3.63, 3.8) is 0 Å². The lowest BCUT2D eigenvalue weighted by atomic mass is 10.1. The Balaban J connectivity index is 2.32. The molecule has 2 heterocycles. The molecule has 0 saturated carbocycles. The van der Waals surface area contributed by atoms with E-state index in [1.807, 2.05) is 0 Å². The van der Waals surface area contributed by atoms with Gasteiger partial charge in [-0.25, -0.2) is 4.79 Å². The van der Waals surface area contributed by atoms with Gasteiger partial charge in [0.15, 0.2) is 0 Å². The maximum atomic E-state index is 11.6. The van der Waals surface area contributed by atoms with Crippen molar-refractivity contribution in [3.05, 3.63) is 32.6 Å². The lowest BCUT2D eigenvalue weighted by Gasteiger charge is -2.18. The molecule has 1 aliphatic heterocycles. The van der Waals surface area contributed by atoms with Crippen LogP contribution in [0.2, 0.25) is 0 Å². The molecule has 0 spiro atoms. The SMILES string of the molecule is Cc1cn([C@H]2C[C@@H](O)[C@@H]([C@@H](C)O)O2)c(=O)[nH]c1=O. The first-order valence-corrected chi connectivity index (χ1v) is 5.74. The van der Waals surface area contributed by atoms with Gasteiger partial charge in [-0.05, 0) is 13.8 Å². The summed E-state index contributed by atoms with van der Waals surface area (Å²) in [5.74, 6) is 0. The van der Waals surface area contributed by atoms with E-state index in [0.29, 0.717) is 5.56 Å². The van der Waals surface area contributed by atoms with Crippen LogP contribution in [0.3, 0.4) is 0 Å². The predicted molar refractivity (Wildman–Crippen MR) is 62.3 cm³/mol. The summed E-state index contributed by atoms with van der Waals surface area (Å²) in [6, 6.07) is 0. The molecule has 0 unspecified atom stereocenters. The second-order valence-corrected chi connectivity index (χ2v) is 4.58. The van der Waals surface area contributed by atoms with E-state index in [1.54, 1.807) is 6.92 Å². The largest absolute Gasteiger partial charge is 0.391 e. The fourth-order valence-corrected chi connectivity index (χ4v) is 2.08. The van der Waals surface area contributed by atoms with Crippen molar-refractivity contribution in [2.24, 2.45) is 0 Å². The molecule has 1 saturated heterocycles. The van der Waals surface area contributed by atoms with Crippen LogP contribution in [0.15, 0.2) is 15.8 Å². The second-order valence-electron chi connectivity index (χ2n) is 4.58. The molecule has 100 valence electrons. The van der Waals surface area contributed by atoms with E-state index < -0.39 is 35.8 Å². The fourth-order valence-electron chi connectivity index (χ4n) is 2.08. The zero-order chi connectivity index (χ0) is 13.4. The number of aliphatic hydroxyl groups excluding tert-OH is 2. The van der Waals surface area contributed by atoms with E-state index in [1.165, 1.54) is 17.7 Å². The summed E-state index contributed by atoms with van der Waals surface area (Å²) in [4.78, 5) is 25.1. The number of aliphatic hydroxyl groups is 2. The summed E-state index contributed by atoms with van der Waals surface area (Å²) in [5, 5.41) is 19.2. The molecular formula is C11H16N2O5. The number of aromatic amines is 1. The van der Waals surface area contributed by atoms with Gasteiger partial charge in [0, 0.05) is 18.2 Å². The summed E-state index contributed by atoms with van der Waals surface area (Å²) in [7, 11) is 0. The van der Waals surface area contributed by atoms with Crippen molar-refractivity contribution < 1.29 is 14.9 Å². The smallest absolute Gasteiger partial charge is 0.330 e. The quantitative estimate of drug-likeness (QED) is 0.621. The van der Waals surface area contributed by atoms with Crippen LogP contribution in [-0.2, 0) is 4.74 Å². The standard InChI is InChI=1S/C11H16N2O5/c1-5-4-13(11(17)12-10(5)16)8-3-7(15)9(18-8)6(2)14/h4,6-9,14-15H,3H2,1-2H3,(H,12,16,17)/t6-,7-,8-,9-/m1/s1. The van der Waals surface area contributed by atoms with Crippen LogP contribution in [0.25, 0.3) is 0 Å². The second kappa shape index (κ2) is 4.68. The van der Waals surface area contributed by atoms with E-state index in [4.69, 9.17) is 4.74 Å². The highest BCUT2D eigenvalue weighted by molar-refractivity contribution is 5.02. The molecule has 3 N–H and O–H groups in total. The van der Waals surface area contributed by atoms with Crippen molar-refractivity contribution >= 4 is 0 Å². The molecule has 1 aromatic rings. The minimum Gasteiger partial charge on any atom is -0.391 e. The van der Waals surface area contributed by atoms with Crippen molar-refractivity contribution in [3.8, 4) is 0 Å². The van der Waals surface area contributed by atoms with Crippen LogP contribution in [-0.4, -0.2) is 38.1 Å². The monoisotopic (exact) mass is 256 g/mol. The first-order chi connectivity index (χ1) is 8.40. The number of hydrogen-bond donors (Lipinski definition) is 3. The highest BCUT2D eigenvalue weighted by atomic mass is 16.5. The molecule has 0 amide bonds. The third-order valence-electron chi connectivity index (χ3n) is 3.07. The van der Waals surface area contributed by atoms with Gasteiger partial charge in [-0.1, -0.05) is 0 Å². The van der Waals surface area contributed by atoms with Crippen LogP contribution >= 0.6 is 0 Å². The Kier molecular flexibility index (Phi) is 3.38. The van der Waals surface area contributed by atoms with Gasteiger partial charge in [-0.15, -0.1) is 0 Å². The Morgan fingerprint density at radius 2 is 2.22 bits per heavy atom. The minimum absolute atomic E-state index is 0.195. The number of aromatic nitrogens is 2. The molecule has 0 bridgehead atoms. The number of hydrogen-bond acceptors (Lipinski definition) is 5. The van der Waals surface area contributed by atoms with Gasteiger partial charge in [-0.3, -0.25) is 14.3 Å². The number of H-pyrrole nitrogens is 1. The van der Waals surface area contributed by atoms with Gasteiger partial charge in [0.1, 0.15) is 12.3 Å². The van der Waals surface area contributed by atoms with Gasteiger partial charge in [0.25, 0.3) is 5.56 Å². The van der Waals surface area contributed by atoms with Crippen molar-refractivity contribution in [1.82, 2.24) is 9.55 Å². The Bertz CT molecular complexity index is 547. The maximum Gasteiger partial charge on any atom is 0.330 e. The van der Waals surface area contributed by atoms with Crippen molar-refractivity contribution in [2.45, 2.75) is 44.8 Å². The molecule has 4 atom stereocenters. The number of nitrogens with zero attached hydrogens (tertiary/aromatic N) is 1. The summed E-state index contributed by atoms with van der Waals surface area (Å²) in [5.41, 5.74) is -0.649. The number of rotatable bonds is 2. The summed E-state index contributed by atoms with van der Waals surface area (Å²) >= 11 is 0. The van der Waals surface area contributed by atoms with Gasteiger partial charge in [0.05, 0.1) is 12.2 Å². The zero-order valence-electron chi connectivity index (χ0n) is 10.2. The lowest BCUT2D eigenvalue weighted by molar-refractivity contribution is -0.0771. The molecule has 7 nitrogen and oxygen atoms in total. The van der Waals surface area contributed by atoms with Gasteiger partial charge in [-0.2, -0.15) is 0 Å². The van der Waals surface area contributed by atoms with E-state index >= 15 is 0 Å². The summed E-state index contributed by atoms with van der Waals surface area (Å²) in [6.07, 6.45) is -1.49.